The summed E-state index contributed by atoms with van der Waals surface area (Å²) in [6, 6.07) is 0. The molecule has 10 heavy (non-hydrogen) atoms. The van der Waals surface area contributed by atoms with Crippen LogP contribution in [0.15, 0.2) is 12.2 Å². The second-order valence-electron chi connectivity index (χ2n) is 3.28. The van der Waals surface area contributed by atoms with Crippen LogP contribution in [-0.2, 0) is 0 Å². The third-order valence-corrected chi connectivity index (χ3v) is 2.72. The minimum absolute atomic E-state index is 0. The highest BCUT2D eigenvalue weighted by Crippen LogP contribution is 2.42. The molecule has 2 heteroatoms. The average molecular weight is 160 g/mol. The van der Waals surface area contributed by atoms with Crippen molar-refractivity contribution in [2.75, 3.05) is 6.54 Å². The van der Waals surface area contributed by atoms with Crippen molar-refractivity contribution in [3.05, 3.63) is 12.2 Å². The molecule has 1 saturated carbocycles. The lowest BCUT2D eigenvalue weighted by Gasteiger charge is -2.14. The number of rotatable bonds is 1. The van der Waals surface area contributed by atoms with Crippen LogP contribution in [0.3, 0.4) is 0 Å². The van der Waals surface area contributed by atoms with Crippen LogP contribution in [0.5, 0.6) is 0 Å². The fourth-order valence-electron chi connectivity index (χ4n) is 2.17. The van der Waals surface area contributed by atoms with Crippen molar-refractivity contribution in [3.8, 4) is 0 Å². The van der Waals surface area contributed by atoms with Gasteiger partial charge in [0.15, 0.2) is 0 Å². The van der Waals surface area contributed by atoms with Gasteiger partial charge in [-0.15, -0.1) is 12.4 Å². The van der Waals surface area contributed by atoms with Gasteiger partial charge in [-0.1, -0.05) is 12.2 Å². The second-order valence-corrected chi connectivity index (χ2v) is 3.28. The lowest BCUT2D eigenvalue weighted by Crippen LogP contribution is -2.17. The van der Waals surface area contributed by atoms with E-state index in [0.717, 1.165) is 24.3 Å². The number of fused-ring (bicyclic) bond motifs is 2. The van der Waals surface area contributed by atoms with Crippen molar-refractivity contribution in [1.82, 2.24) is 0 Å². The van der Waals surface area contributed by atoms with Gasteiger partial charge in [0.2, 0.25) is 0 Å². The zero-order valence-electron chi connectivity index (χ0n) is 5.99. The first-order valence-electron chi connectivity index (χ1n) is 3.78. The smallest absolute Gasteiger partial charge is 0.00430 e. The molecule has 2 rings (SSSR count). The standard InChI is InChI=1S/C8H13N.ClH/c9-5-8-4-6-1-2-7(8)3-6;/h1-2,6-8H,3-5,9H2;1H. The number of hydrogen-bond donors (Lipinski definition) is 1. The third-order valence-electron chi connectivity index (χ3n) is 2.72. The van der Waals surface area contributed by atoms with Crippen molar-refractivity contribution in [1.29, 1.82) is 0 Å². The Bertz CT molecular complexity index is 144. The van der Waals surface area contributed by atoms with Crippen LogP contribution in [0.2, 0.25) is 0 Å². The summed E-state index contributed by atoms with van der Waals surface area (Å²) in [5, 5.41) is 0. The highest BCUT2D eigenvalue weighted by atomic mass is 35.5. The molecule has 3 atom stereocenters. The van der Waals surface area contributed by atoms with Crippen molar-refractivity contribution >= 4 is 12.4 Å². The van der Waals surface area contributed by atoms with Crippen LogP contribution >= 0.6 is 12.4 Å². The molecule has 2 aliphatic carbocycles. The molecule has 0 spiro atoms. The maximum absolute atomic E-state index is 5.59. The SMILES string of the molecule is Cl.NCC1CC2C=CC1C2. The first-order chi connectivity index (χ1) is 4.40. The van der Waals surface area contributed by atoms with E-state index < -0.39 is 0 Å². The molecular weight excluding hydrogens is 146 g/mol. The summed E-state index contributed by atoms with van der Waals surface area (Å²) in [5.74, 6) is 2.56. The molecule has 0 saturated heterocycles. The van der Waals surface area contributed by atoms with Gasteiger partial charge < -0.3 is 5.73 Å². The molecule has 2 N–H and O–H groups in total. The predicted molar refractivity (Wildman–Crippen MR) is 45.1 cm³/mol. The van der Waals surface area contributed by atoms with Gasteiger partial charge in [-0.25, -0.2) is 0 Å². The molecule has 2 bridgehead atoms. The molecule has 0 amide bonds. The molecular formula is C8H14ClN. The van der Waals surface area contributed by atoms with Crippen LogP contribution in [-0.4, -0.2) is 6.54 Å². The topological polar surface area (TPSA) is 26.0 Å². The van der Waals surface area contributed by atoms with Crippen LogP contribution in [0, 0.1) is 17.8 Å². The molecule has 3 unspecified atom stereocenters. The van der Waals surface area contributed by atoms with Crippen molar-refractivity contribution in [2.45, 2.75) is 12.8 Å². The molecule has 0 heterocycles. The van der Waals surface area contributed by atoms with E-state index in [-0.39, 0.29) is 12.4 Å². The minimum Gasteiger partial charge on any atom is -0.330 e. The minimum atomic E-state index is 0. The fraction of sp³-hybridized carbons (Fsp3) is 0.750. The van der Waals surface area contributed by atoms with Gasteiger partial charge in [0.25, 0.3) is 0 Å². The Morgan fingerprint density at radius 1 is 1.30 bits per heavy atom. The number of hydrogen-bond acceptors (Lipinski definition) is 1. The number of halogens is 1. The Morgan fingerprint density at radius 3 is 2.40 bits per heavy atom. The summed E-state index contributed by atoms with van der Waals surface area (Å²) in [6.45, 7) is 0.894. The number of allylic oxidation sites excluding steroid dienone is 2. The Kier molecular flexibility index (Phi) is 2.37. The van der Waals surface area contributed by atoms with Crippen LogP contribution in [0.1, 0.15) is 12.8 Å². The van der Waals surface area contributed by atoms with Gasteiger partial charge in [-0.3, -0.25) is 0 Å². The fourth-order valence-corrected chi connectivity index (χ4v) is 2.17. The first kappa shape index (κ1) is 8.09. The summed E-state index contributed by atoms with van der Waals surface area (Å²) >= 11 is 0. The van der Waals surface area contributed by atoms with Gasteiger partial charge in [-0.05, 0) is 37.1 Å². The van der Waals surface area contributed by atoms with Gasteiger partial charge in [-0.2, -0.15) is 0 Å². The Balaban J connectivity index is 0.000000500. The summed E-state index contributed by atoms with van der Waals surface area (Å²) in [4.78, 5) is 0. The quantitative estimate of drug-likeness (QED) is 0.578. The Labute approximate surface area is 68.1 Å². The normalized spacial score (nSPS) is 41.9. The molecule has 0 radical (unpaired) electrons. The van der Waals surface area contributed by atoms with E-state index in [2.05, 4.69) is 12.2 Å². The van der Waals surface area contributed by atoms with Crippen molar-refractivity contribution < 1.29 is 0 Å². The lowest BCUT2D eigenvalue weighted by atomic mass is 9.94. The van der Waals surface area contributed by atoms with Crippen LogP contribution in [0.25, 0.3) is 0 Å². The molecule has 1 nitrogen and oxygen atoms in total. The van der Waals surface area contributed by atoms with E-state index in [9.17, 15) is 0 Å². The van der Waals surface area contributed by atoms with Crippen LogP contribution < -0.4 is 5.73 Å². The molecule has 0 aromatic carbocycles. The summed E-state index contributed by atoms with van der Waals surface area (Å²) in [5.41, 5.74) is 5.59. The second kappa shape index (κ2) is 2.93. The number of nitrogens with two attached hydrogens (primary N) is 1. The largest absolute Gasteiger partial charge is 0.330 e. The predicted octanol–water partition coefficient (Wildman–Crippen LogP) is 1.58. The molecule has 1 fully saturated rings. The Hall–Kier alpha value is -0.0100. The third kappa shape index (κ3) is 1.08. The molecule has 58 valence electrons. The van der Waals surface area contributed by atoms with Crippen molar-refractivity contribution in [2.24, 2.45) is 23.5 Å². The monoisotopic (exact) mass is 159 g/mol. The Morgan fingerprint density at radius 2 is 2.10 bits per heavy atom. The van der Waals surface area contributed by atoms with Gasteiger partial charge >= 0.3 is 0 Å². The van der Waals surface area contributed by atoms with Crippen LogP contribution in [0.4, 0.5) is 0 Å². The van der Waals surface area contributed by atoms with Gasteiger partial charge in [0.1, 0.15) is 0 Å². The highest BCUT2D eigenvalue weighted by molar-refractivity contribution is 5.85. The lowest BCUT2D eigenvalue weighted by molar-refractivity contribution is 0.459. The van der Waals surface area contributed by atoms with E-state index in [1.807, 2.05) is 0 Å². The molecule has 2 aliphatic rings. The summed E-state index contributed by atoms with van der Waals surface area (Å²) in [6.07, 6.45) is 7.46. The molecule has 0 aromatic rings. The molecule has 0 aromatic heterocycles. The average Bonchev–Trinajstić information content (AvgIpc) is 2.45. The van der Waals surface area contributed by atoms with E-state index >= 15 is 0 Å². The van der Waals surface area contributed by atoms with E-state index in [0.29, 0.717) is 0 Å². The zero-order valence-corrected chi connectivity index (χ0v) is 6.81. The maximum atomic E-state index is 5.59. The summed E-state index contributed by atoms with van der Waals surface area (Å²) in [7, 11) is 0. The van der Waals surface area contributed by atoms with Gasteiger partial charge in [0, 0.05) is 0 Å². The first-order valence-corrected chi connectivity index (χ1v) is 3.78. The van der Waals surface area contributed by atoms with E-state index in [1.54, 1.807) is 0 Å². The van der Waals surface area contributed by atoms with E-state index in [4.69, 9.17) is 5.73 Å². The van der Waals surface area contributed by atoms with Gasteiger partial charge in [0.05, 0.1) is 0 Å². The van der Waals surface area contributed by atoms with E-state index in [1.165, 1.54) is 12.8 Å². The summed E-state index contributed by atoms with van der Waals surface area (Å²) < 4.78 is 0. The van der Waals surface area contributed by atoms with Crippen molar-refractivity contribution in [3.63, 3.8) is 0 Å². The zero-order chi connectivity index (χ0) is 6.27. The molecule has 0 aliphatic heterocycles. The maximum Gasteiger partial charge on any atom is -0.00430 e. The highest BCUT2D eigenvalue weighted by Gasteiger charge is 2.34.